The number of ether oxygens (including phenoxy) is 2. The van der Waals surface area contributed by atoms with Crippen LogP contribution in [0, 0.1) is 24.7 Å². The number of hydrogen-bond donors (Lipinski definition) is 1. The van der Waals surface area contributed by atoms with E-state index in [1.807, 2.05) is 57.2 Å². The number of amides is 1. The Morgan fingerprint density at radius 1 is 0.863 bits per heavy atom. The van der Waals surface area contributed by atoms with Crippen LogP contribution in [0.5, 0.6) is 11.5 Å². The number of allylic oxidation sites excluding steroid dienone is 4. The summed E-state index contributed by atoms with van der Waals surface area (Å²) in [6, 6.07) is 20.1. The molecule has 8 heteroatoms. The lowest BCUT2D eigenvalue weighted by Crippen LogP contribution is -2.45. The predicted molar refractivity (Wildman–Crippen MR) is 205 cm³/mol. The summed E-state index contributed by atoms with van der Waals surface area (Å²) in [4.78, 5) is 44.0. The van der Waals surface area contributed by atoms with E-state index in [1.54, 1.807) is 0 Å². The highest BCUT2D eigenvalue weighted by Gasteiger charge is 2.49. The van der Waals surface area contributed by atoms with E-state index in [4.69, 9.17) is 9.47 Å². The number of halogens is 1. The standard InChI is InChI=1S/C43H49BrN2O5/c1-8-50-36-20-29(19-30(44)41(36)51-25-37(49)45-31-15-14-26(2)18-27(31)3)38-39-32(21-42(4,5)23-34(39)47)46(17-16-28-12-10-9-11-13-28)33-22-43(6,7)24-35(48)40(33)38/h9-15,18-20,38H,8,16-17,21-25H2,1-7H3,(H,45,49). The summed E-state index contributed by atoms with van der Waals surface area (Å²) < 4.78 is 12.8. The molecule has 3 aromatic rings. The molecule has 6 rings (SSSR count). The Balaban J connectivity index is 1.41. The Morgan fingerprint density at radius 2 is 1.49 bits per heavy atom. The number of Topliss-reactive ketones (excluding diaryl/α,β-unsaturated/α-hetero) is 2. The van der Waals surface area contributed by atoms with Crippen LogP contribution in [0.3, 0.4) is 0 Å². The minimum atomic E-state index is -0.535. The third-order valence-electron chi connectivity index (χ3n) is 10.2. The van der Waals surface area contributed by atoms with Crippen molar-refractivity contribution in [2.24, 2.45) is 10.8 Å². The van der Waals surface area contributed by atoms with E-state index in [1.165, 1.54) is 5.56 Å². The summed E-state index contributed by atoms with van der Waals surface area (Å²) in [5, 5.41) is 2.94. The topological polar surface area (TPSA) is 84.9 Å². The molecule has 0 bridgehead atoms. The summed E-state index contributed by atoms with van der Waals surface area (Å²) in [5.74, 6) is 0.179. The first-order valence-electron chi connectivity index (χ1n) is 18.0. The van der Waals surface area contributed by atoms with Gasteiger partial charge in [-0.1, -0.05) is 75.7 Å². The first-order chi connectivity index (χ1) is 24.2. The van der Waals surface area contributed by atoms with Gasteiger partial charge in [0.2, 0.25) is 0 Å². The molecule has 1 heterocycles. The van der Waals surface area contributed by atoms with Crippen LogP contribution in [0.2, 0.25) is 0 Å². The Kier molecular flexibility index (Phi) is 10.4. The van der Waals surface area contributed by atoms with Gasteiger partial charge in [0.05, 0.1) is 11.1 Å². The lowest BCUT2D eigenvalue weighted by Gasteiger charge is -2.49. The van der Waals surface area contributed by atoms with Crippen molar-refractivity contribution in [2.45, 2.75) is 86.5 Å². The average molecular weight is 754 g/mol. The van der Waals surface area contributed by atoms with Crippen LogP contribution in [-0.2, 0) is 20.8 Å². The lowest BCUT2D eigenvalue weighted by molar-refractivity contribution is -0.120. The molecule has 3 aromatic carbocycles. The fourth-order valence-corrected chi connectivity index (χ4v) is 8.55. The molecule has 0 saturated carbocycles. The van der Waals surface area contributed by atoms with Crippen molar-refractivity contribution in [3.63, 3.8) is 0 Å². The molecule has 1 N–H and O–H groups in total. The number of nitrogens with one attached hydrogen (secondary N) is 1. The molecule has 0 atom stereocenters. The first kappa shape index (κ1) is 36.6. The Labute approximate surface area is 310 Å². The molecule has 0 saturated heterocycles. The summed E-state index contributed by atoms with van der Waals surface area (Å²) in [6.07, 6.45) is 3.09. The van der Waals surface area contributed by atoms with Crippen LogP contribution in [-0.4, -0.2) is 42.1 Å². The fraction of sp³-hybridized carbons (Fsp3) is 0.419. The molecule has 0 spiro atoms. The Bertz CT molecular complexity index is 1890. The maximum absolute atomic E-state index is 14.4. The van der Waals surface area contributed by atoms with Crippen LogP contribution < -0.4 is 14.8 Å². The molecule has 0 fully saturated rings. The van der Waals surface area contributed by atoms with E-state index in [0.717, 1.165) is 53.0 Å². The summed E-state index contributed by atoms with van der Waals surface area (Å²) in [7, 11) is 0. The van der Waals surface area contributed by atoms with Crippen LogP contribution in [0.4, 0.5) is 5.69 Å². The van der Waals surface area contributed by atoms with Crippen LogP contribution in [0.25, 0.3) is 0 Å². The average Bonchev–Trinajstić information content (AvgIpc) is 3.04. The van der Waals surface area contributed by atoms with Crippen molar-refractivity contribution in [2.75, 3.05) is 25.1 Å². The maximum Gasteiger partial charge on any atom is 0.262 e. The normalized spacial score (nSPS) is 18.4. The number of rotatable bonds is 10. The number of carbonyl (C=O) groups excluding carboxylic acids is 3. The smallest absolute Gasteiger partial charge is 0.262 e. The van der Waals surface area contributed by atoms with E-state index in [-0.39, 0.29) is 34.9 Å². The molecule has 268 valence electrons. The zero-order chi connectivity index (χ0) is 36.7. The molecule has 0 radical (unpaired) electrons. The van der Waals surface area contributed by atoms with Crippen molar-refractivity contribution in [1.82, 2.24) is 4.90 Å². The van der Waals surface area contributed by atoms with Crippen molar-refractivity contribution in [3.05, 3.63) is 110 Å². The van der Waals surface area contributed by atoms with Gasteiger partial charge in [-0.2, -0.15) is 0 Å². The lowest BCUT2D eigenvalue weighted by atomic mass is 9.63. The van der Waals surface area contributed by atoms with E-state index >= 15 is 0 Å². The van der Waals surface area contributed by atoms with Crippen LogP contribution in [0.15, 0.2) is 87.7 Å². The SMILES string of the molecule is CCOc1cc(C2C3=C(CC(C)(C)CC3=O)N(CCc3ccccc3)C3=C2C(=O)CC(C)(C)C3)cc(Br)c1OCC(=O)Nc1ccc(C)cc1C. The Hall–Kier alpha value is -4.17. The first-order valence-corrected chi connectivity index (χ1v) is 18.8. The third kappa shape index (κ3) is 7.86. The molecular formula is C43H49BrN2O5. The van der Waals surface area contributed by atoms with Crippen molar-refractivity contribution >= 4 is 39.1 Å². The predicted octanol–water partition coefficient (Wildman–Crippen LogP) is 9.41. The number of hydrogen-bond acceptors (Lipinski definition) is 6. The largest absolute Gasteiger partial charge is 0.490 e. The zero-order valence-corrected chi connectivity index (χ0v) is 32.5. The quantitative estimate of drug-likeness (QED) is 0.222. The summed E-state index contributed by atoms with van der Waals surface area (Å²) in [6.45, 7) is 15.3. The van der Waals surface area contributed by atoms with Gasteiger partial charge < -0.3 is 19.7 Å². The van der Waals surface area contributed by atoms with Crippen LogP contribution in [0.1, 0.15) is 88.5 Å². The molecular weight excluding hydrogens is 704 g/mol. The van der Waals surface area contributed by atoms with Gasteiger partial charge in [0.15, 0.2) is 29.7 Å². The van der Waals surface area contributed by atoms with Gasteiger partial charge >= 0.3 is 0 Å². The van der Waals surface area contributed by atoms with Gasteiger partial charge in [0.25, 0.3) is 5.91 Å². The summed E-state index contributed by atoms with van der Waals surface area (Å²) in [5.41, 5.74) is 7.88. The van der Waals surface area contributed by atoms with E-state index in [2.05, 4.69) is 78.1 Å². The minimum Gasteiger partial charge on any atom is -0.490 e. The van der Waals surface area contributed by atoms with Gasteiger partial charge in [0.1, 0.15) is 0 Å². The van der Waals surface area contributed by atoms with Crippen molar-refractivity contribution in [1.29, 1.82) is 0 Å². The highest BCUT2D eigenvalue weighted by Crippen LogP contribution is 2.55. The second kappa shape index (κ2) is 14.5. The second-order valence-electron chi connectivity index (χ2n) is 15.8. The van der Waals surface area contributed by atoms with Gasteiger partial charge in [-0.3, -0.25) is 14.4 Å². The molecule has 3 aliphatic rings. The zero-order valence-electron chi connectivity index (χ0n) is 30.9. The van der Waals surface area contributed by atoms with Crippen LogP contribution >= 0.6 is 15.9 Å². The van der Waals surface area contributed by atoms with Crippen molar-refractivity contribution < 1.29 is 23.9 Å². The van der Waals surface area contributed by atoms with Crippen molar-refractivity contribution in [3.8, 4) is 11.5 Å². The highest BCUT2D eigenvalue weighted by atomic mass is 79.9. The number of nitrogens with zero attached hydrogens (tertiary/aromatic N) is 1. The van der Waals surface area contributed by atoms with E-state index in [0.29, 0.717) is 53.1 Å². The fourth-order valence-electron chi connectivity index (χ4n) is 7.97. The number of benzene rings is 3. The van der Waals surface area contributed by atoms with Gasteiger partial charge in [-0.15, -0.1) is 0 Å². The molecule has 7 nitrogen and oxygen atoms in total. The van der Waals surface area contributed by atoms with Gasteiger partial charge in [-0.05, 0) is 102 Å². The number of aryl methyl sites for hydroxylation is 2. The second-order valence-corrected chi connectivity index (χ2v) is 16.7. The number of anilines is 1. The summed E-state index contributed by atoms with van der Waals surface area (Å²) >= 11 is 3.73. The molecule has 0 unspecified atom stereocenters. The molecule has 51 heavy (non-hydrogen) atoms. The third-order valence-corrected chi connectivity index (χ3v) is 10.7. The van der Waals surface area contributed by atoms with Gasteiger partial charge in [-0.25, -0.2) is 0 Å². The minimum absolute atomic E-state index is 0.0811. The molecule has 2 aliphatic carbocycles. The molecule has 1 amide bonds. The maximum atomic E-state index is 14.4. The molecule has 1 aliphatic heterocycles. The Morgan fingerprint density at radius 3 is 2.08 bits per heavy atom. The van der Waals surface area contributed by atoms with Gasteiger partial charge in [0, 0.05) is 53.5 Å². The molecule has 0 aromatic heterocycles. The van der Waals surface area contributed by atoms with E-state index < -0.39 is 5.92 Å². The van der Waals surface area contributed by atoms with E-state index in [9.17, 15) is 14.4 Å². The number of ketones is 2. The highest BCUT2D eigenvalue weighted by molar-refractivity contribution is 9.10. The number of carbonyl (C=O) groups is 3. The monoisotopic (exact) mass is 752 g/mol.